The van der Waals surface area contributed by atoms with Gasteiger partial charge in [0.25, 0.3) is 5.92 Å². The Morgan fingerprint density at radius 3 is 2.66 bits per heavy atom. The number of hydrogen-bond donors (Lipinski definition) is 0. The Balaban J connectivity index is 0.00000181. The fraction of sp³-hybridized carbons (Fsp3) is 0.727. The van der Waals surface area contributed by atoms with Crippen LogP contribution in [0.5, 0.6) is 11.5 Å². The average Bonchev–Trinajstić information content (AvgIpc) is 2.99. The van der Waals surface area contributed by atoms with E-state index in [1.807, 2.05) is 6.07 Å². The molecule has 5 aliphatic rings. The molecule has 0 N–H and O–H groups in total. The van der Waals surface area contributed by atoms with Crippen molar-refractivity contribution >= 4 is 12.4 Å². The first-order chi connectivity index (χ1) is 13.4. The van der Waals surface area contributed by atoms with Crippen LogP contribution in [0.25, 0.3) is 0 Å². The number of nitrogens with zero attached hydrogens (tertiary/aromatic N) is 1. The highest BCUT2D eigenvalue weighted by molar-refractivity contribution is 5.85. The van der Waals surface area contributed by atoms with Gasteiger partial charge in [0.1, 0.15) is 5.67 Å². The van der Waals surface area contributed by atoms with E-state index in [2.05, 4.69) is 4.90 Å². The van der Waals surface area contributed by atoms with Crippen molar-refractivity contribution in [3.05, 3.63) is 23.3 Å². The topological polar surface area (TPSA) is 21.7 Å². The van der Waals surface area contributed by atoms with Gasteiger partial charge in [0.05, 0.1) is 12.5 Å². The van der Waals surface area contributed by atoms with Gasteiger partial charge in [-0.2, -0.15) is 0 Å². The van der Waals surface area contributed by atoms with Crippen LogP contribution in [0.3, 0.4) is 0 Å². The standard InChI is InChI=1S/C22H26F3NO2.ClH/c1-27-15-6-5-14-11-16-21(23)7-8-22(24,25)19-20(21,17(14)18(15)28-19)9-10-26(16)12-13-3-2-4-13;/h5-6,13,16,19H,2-4,7-12H2,1H3;1H/t16-,19?,20+,21-;/m1./s1. The second-order valence-corrected chi connectivity index (χ2v) is 9.49. The van der Waals surface area contributed by atoms with Crippen LogP contribution in [0, 0.1) is 5.92 Å². The Morgan fingerprint density at radius 2 is 1.97 bits per heavy atom. The number of hydrogen-bond acceptors (Lipinski definition) is 3. The molecule has 0 aromatic heterocycles. The van der Waals surface area contributed by atoms with Crippen molar-refractivity contribution in [3.8, 4) is 11.5 Å². The molecule has 2 saturated carbocycles. The summed E-state index contributed by atoms with van der Waals surface area (Å²) in [5.41, 5.74) is -1.29. The van der Waals surface area contributed by atoms with Crippen LogP contribution < -0.4 is 9.47 Å². The lowest BCUT2D eigenvalue weighted by atomic mass is 9.49. The van der Waals surface area contributed by atoms with Gasteiger partial charge in [0.15, 0.2) is 17.6 Å². The molecule has 6 rings (SSSR count). The lowest BCUT2D eigenvalue weighted by molar-refractivity contribution is -0.223. The second kappa shape index (κ2) is 6.19. The van der Waals surface area contributed by atoms with E-state index in [0.717, 1.165) is 12.1 Å². The third-order valence-corrected chi connectivity index (χ3v) is 8.40. The molecular formula is C22H27ClF3NO2. The van der Waals surface area contributed by atoms with E-state index >= 15 is 13.2 Å². The lowest BCUT2D eigenvalue weighted by Gasteiger charge is -2.62. The average molecular weight is 430 g/mol. The fourth-order valence-corrected chi connectivity index (χ4v) is 6.88. The van der Waals surface area contributed by atoms with Crippen molar-refractivity contribution < 1.29 is 22.6 Å². The number of likely N-dealkylation sites (tertiary alicyclic amines) is 1. The van der Waals surface area contributed by atoms with Crippen LogP contribution in [0.15, 0.2) is 12.1 Å². The molecule has 7 heteroatoms. The molecule has 1 saturated heterocycles. The summed E-state index contributed by atoms with van der Waals surface area (Å²) >= 11 is 0. The number of benzene rings is 1. The number of alkyl halides is 3. The predicted octanol–water partition coefficient (Wildman–Crippen LogP) is 4.68. The quantitative estimate of drug-likeness (QED) is 0.696. The smallest absolute Gasteiger partial charge is 0.285 e. The first-order valence-corrected chi connectivity index (χ1v) is 10.6. The van der Waals surface area contributed by atoms with E-state index in [-0.39, 0.29) is 24.9 Å². The van der Waals surface area contributed by atoms with Crippen molar-refractivity contribution in [2.24, 2.45) is 5.92 Å². The van der Waals surface area contributed by atoms with Crippen LogP contribution >= 0.6 is 12.4 Å². The van der Waals surface area contributed by atoms with Gasteiger partial charge in [-0.05, 0) is 56.2 Å². The maximum Gasteiger partial charge on any atom is 0.285 e. The molecule has 29 heavy (non-hydrogen) atoms. The van der Waals surface area contributed by atoms with Gasteiger partial charge in [0, 0.05) is 24.6 Å². The second-order valence-electron chi connectivity index (χ2n) is 9.49. The number of rotatable bonds is 3. The Morgan fingerprint density at radius 1 is 1.17 bits per heavy atom. The first kappa shape index (κ1) is 19.8. The summed E-state index contributed by atoms with van der Waals surface area (Å²) in [5, 5.41) is 0. The number of piperidine rings is 1. The molecule has 4 atom stereocenters. The van der Waals surface area contributed by atoms with Crippen molar-refractivity contribution in [3.63, 3.8) is 0 Å². The Labute approximate surface area is 175 Å². The highest BCUT2D eigenvalue weighted by Crippen LogP contribution is 2.69. The van der Waals surface area contributed by atoms with Crippen molar-refractivity contribution in [1.29, 1.82) is 0 Å². The number of halogens is 4. The van der Waals surface area contributed by atoms with Crippen molar-refractivity contribution in [2.45, 2.75) is 74.1 Å². The Kier molecular flexibility index (Phi) is 4.23. The summed E-state index contributed by atoms with van der Waals surface area (Å²) in [5.74, 6) is -1.60. The SMILES string of the molecule is COc1ccc2c3c1OC1C(F)(F)CC[C@@]4(F)[C@@H](C2)N(CC2CCC2)CC[C@]314.Cl. The van der Waals surface area contributed by atoms with E-state index in [4.69, 9.17) is 9.47 Å². The van der Waals surface area contributed by atoms with Crippen LogP contribution in [0.2, 0.25) is 0 Å². The van der Waals surface area contributed by atoms with Gasteiger partial charge in [0.2, 0.25) is 0 Å². The normalized spacial score (nSPS) is 39.0. The zero-order valence-corrected chi connectivity index (χ0v) is 17.4. The molecule has 160 valence electrons. The molecule has 0 amide bonds. The predicted molar refractivity (Wildman–Crippen MR) is 105 cm³/mol. The van der Waals surface area contributed by atoms with Crippen molar-refractivity contribution in [2.75, 3.05) is 20.2 Å². The first-order valence-electron chi connectivity index (χ1n) is 10.6. The molecule has 2 aliphatic heterocycles. The van der Waals surface area contributed by atoms with E-state index in [1.165, 1.54) is 26.4 Å². The third kappa shape index (κ3) is 2.25. The van der Waals surface area contributed by atoms with Crippen LogP contribution in [-0.4, -0.2) is 48.8 Å². The maximum atomic E-state index is 17.0. The Hall–Kier alpha value is -1.14. The largest absolute Gasteiger partial charge is 0.493 e. The lowest BCUT2D eigenvalue weighted by Crippen LogP contribution is -2.76. The molecule has 2 heterocycles. The maximum absolute atomic E-state index is 17.0. The highest BCUT2D eigenvalue weighted by Gasteiger charge is 2.78. The highest BCUT2D eigenvalue weighted by atomic mass is 35.5. The van der Waals surface area contributed by atoms with Crippen LogP contribution in [0.1, 0.15) is 49.7 Å². The van der Waals surface area contributed by atoms with Gasteiger partial charge in [-0.3, -0.25) is 4.90 Å². The molecule has 1 aromatic carbocycles. The van der Waals surface area contributed by atoms with Crippen molar-refractivity contribution in [1.82, 2.24) is 4.90 Å². The number of methoxy groups -OCH3 is 1. The van der Waals surface area contributed by atoms with Gasteiger partial charge >= 0.3 is 0 Å². The molecule has 1 unspecified atom stereocenters. The molecule has 1 spiro atoms. The van der Waals surface area contributed by atoms with E-state index in [1.54, 1.807) is 6.07 Å². The summed E-state index contributed by atoms with van der Waals surface area (Å²) < 4.78 is 58.4. The monoisotopic (exact) mass is 429 g/mol. The minimum absolute atomic E-state index is 0. The van der Waals surface area contributed by atoms with Gasteiger partial charge < -0.3 is 9.47 Å². The minimum atomic E-state index is -3.03. The van der Waals surface area contributed by atoms with Gasteiger partial charge in [-0.1, -0.05) is 12.5 Å². The molecule has 0 radical (unpaired) electrons. The van der Waals surface area contributed by atoms with Gasteiger partial charge in [-0.25, -0.2) is 13.2 Å². The number of ether oxygens (including phenoxy) is 2. The summed E-state index contributed by atoms with van der Waals surface area (Å²) in [6.07, 6.45) is 2.64. The summed E-state index contributed by atoms with van der Waals surface area (Å²) in [6.45, 7) is 1.56. The minimum Gasteiger partial charge on any atom is -0.493 e. The van der Waals surface area contributed by atoms with Crippen LogP contribution in [0.4, 0.5) is 13.2 Å². The van der Waals surface area contributed by atoms with Crippen LogP contribution in [-0.2, 0) is 11.8 Å². The molecular weight excluding hydrogens is 403 g/mol. The molecule has 3 nitrogen and oxygen atoms in total. The van der Waals surface area contributed by atoms with Gasteiger partial charge in [-0.15, -0.1) is 12.4 Å². The van der Waals surface area contributed by atoms with E-state index < -0.39 is 29.5 Å². The van der Waals surface area contributed by atoms with E-state index in [0.29, 0.717) is 42.4 Å². The molecule has 1 aromatic rings. The zero-order valence-electron chi connectivity index (χ0n) is 16.6. The molecule has 3 fully saturated rings. The summed E-state index contributed by atoms with van der Waals surface area (Å²) in [7, 11) is 1.51. The summed E-state index contributed by atoms with van der Waals surface area (Å²) in [4.78, 5) is 2.28. The fourth-order valence-electron chi connectivity index (χ4n) is 6.88. The summed E-state index contributed by atoms with van der Waals surface area (Å²) in [6, 6.07) is 3.39. The molecule has 3 aliphatic carbocycles. The molecule has 2 bridgehead atoms. The van der Waals surface area contributed by atoms with E-state index in [9.17, 15) is 0 Å². The Bertz CT molecular complexity index is 848. The zero-order chi connectivity index (χ0) is 19.3. The third-order valence-electron chi connectivity index (χ3n) is 8.40.